The number of halogens is 1. The second-order valence-electron chi connectivity index (χ2n) is 6.18. The highest BCUT2D eigenvalue weighted by atomic mass is 79.9. The number of carbonyl (C=O) groups is 1. The maximum atomic E-state index is 12.9. The van der Waals surface area contributed by atoms with Crippen LogP contribution < -0.4 is 5.73 Å². The van der Waals surface area contributed by atoms with E-state index < -0.39 is 0 Å². The molecular formula is C14H20BrN3O. The number of aromatic nitrogens is 2. The van der Waals surface area contributed by atoms with Gasteiger partial charge in [0, 0.05) is 18.0 Å². The van der Waals surface area contributed by atoms with Crippen LogP contribution in [0.3, 0.4) is 0 Å². The van der Waals surface area contributed by atoms with E-state index in [0.29, 0.717) is 17.5 Å². The van der Waals surface area contributed by atoms with Crippen LogP contribution in [0.1, 0.15) is 49.6 Å². The summed E-state index contributed by atoms with van der Waals surface area (Å²) in [6.07, 6.45) is 5.19. The van der Waals surface area contributed by atoms with Crippen molar-refractivity contribution in [2.75, 3.05) is 0 Å². The molecule has 1 heterocycles. The molecule has 2 aliphatic carbocycles. The first-order valence-electron chi connectivity index (χ1n) is 7.03. The fraction of sp³-hybridized carbons (Fsp3) is 0.714. The SMILES string of the molecule is CC(C)n1ncc(Br)c1C(=O)C1C2CCC(C2)C1N. The van der Waals surface area contributed by atoms with Crippen molar-refractivity contribution in [3.63, 3.8) is 0 Å². The number of rotatable bonds is 3. The fourth-order valence-corrected chi connectivity index (χ4v) is 4.31. The number of fused-ring (bicyclic) bond motifs is 2. The Bertz CT molecular complexity index is 509. The Morgan fingerprint density at radius 2 is 2.16 bits per heavy atom. The smallest absolute Gasteiger partial charge is 0.186 e. The van der Waals surface area contributed by atoms with E-state index in [4.69, 9.17) is 5.73 Å². The minimum Gasteiger partial charge on any atom is -0.327 e. The monoisotopic (exact) mass is 325 g/mol. The largest absolute Gasteiger partial charge is 0.327 e. The Morgan fingerprint density at radius 3 is 2.74 bits per heavy atom. The summed E-state index contributed by atoms with van der Waals surface area (Å²) in [7, 11) is 0. The van der Waals surface area contributed by atoms with Gasteiger partial charge in [0.1, 0.15) is 5.69 Å². The van der Waals surface area contributed by atoms with Gasteiger partial charge in [-0.05, 0) is 60.9 Å². The van der Waals surface area contributed by atoms with E-state index in [1.807, 2.05) is 18.5 Å². The third-order valence-electron chi connectivity index (χ3n) is 4.76. The van der Waals surface area contributed by atoms with Crippen LogP contribution in [0.2, 0.25) is 0 Å². The van der Waals surface area contributed by atoms with Gasteiger partial charge < -0.3 is 5.73 Å². The van der Waals surface area contributed by atoms with Crippen molar-refractivity contribution < 1.29 is 4.79 Å². The van der Waals surface area contributed by atoms with E-state index in [-0.39, 0.29) is 23.8 Å². The summed E-state index contributed by atoms with van der Waals surface area (Å²) in [4.78, 5) is 12.9. The third kappa shape index (κ3) is 1.98. The molecule has 0 aromatic carbocycles. The molecule has 2 N–H and O–H groups in total. The highest BCUT2D eigenvalue weighted by molar-refractivity contribution is 9.10. The molecule has 2 saturated carbocycles. The van der Waals surface area contributed by atoms with Gasteiger partial charge in [-0.2, -0.15) is 5.10 Å². The minimum atomic E-state index is -0.00995. The summed E-state index contributed by atoms with van der Waals surface area (Å²) in [5, 5.41) is 4.30. The summed E-state index contributed by atoms with van der Waals surface area (Å²) >= 11 is 3.46. The standard InChI is InChI=1S/C14H20BrN3O/c1-7(2)18-13(10(15)6-17-18)14(19)11-8-3-4-9(5-8)12(11)16/h6-9,11-12H,3-5,16H2,1-2H3. The first kappa shape index (κ1) is 13.3. The third-order valence-corrected chi connectivity index (χ3v) is 5.34. The Hall–Kier alpha value is -0.680. The van der Waals surface area contributed by atoms with Gasteiger partial charge in [0.15, 0.2) is 5.78 Å². The molecule has 0 aliphatic heterocycles. The number of hydrogen-bond acceptors (Lipinski definition) is 3. The Kier molecular flexibility index (Phi) is 3.29. The maximum Gasteiger partial charge on any atom is 0.186 e. The van der Waals surface area contributed by atoms with E-state index in [1.54, 1.807) is 6.20 Å². The van der Waals surface area contributed by atoms with Gasteiger partial charge in [-0.1, -0.05) is 0 Å². The molecule has 2 fully saturated rings. The number of nitrogens with zero attached hydrogens (tertiary/aromatic N) is 2. The molecule has 1 aromatic rings. The van der Waals surface area contributed by atoms with Gasteiger partial charge >= 0.3 is 0 Å². The van der Waals surface area contributed by atoms with E-state index in [0.717, 1.165) is 17.3 Å². The highest BCUT2D eigenvalue weighted by Gasteiger charge is 2.50. The van der Waals surface area contributed by atoms with E-state index in [2.05, 4.69) is 21.0 Å². The number of Topliss-reactive ketones (excluding diaryl/α,β-unsaturated/α-hetero) is 1. The molecule has 104 valence electrons. The van der Waals surface area contributed by atoms with E-state index >= 15 is 0 Å². The number of carbonyl (C=O) groups excluding carboxylic acids is 1. The van der Waals surface area contributed by atoms with Crippen LogP contribution in [0.4, 0.5) is 0 Å². The van der Waals surface area contributed by atoms with Crippen molar-refractivity contribution in [2.24, 2.45) is 23.5 Å². The van der Waals surface area contributed by atoms with Crippen molar-refractivity contribution >= 4 is 21.7 Å². The summed E-state index contributed by atoms with van der Waals surface area (Å²) in [5.41, 5.74) is 6.98. The van der Waals surface area contributed by atoms with Crippen LogP contribution >= 0.6 is 15.9 Å². The van der Waals surface area contributed by atoms with Crippen LogP contribution in [0.5, 0.6) is 0 Å². The zero-order chi connectivity index (χ0) is 13.7. The molecule has 5 heteroatoms. The lowest BCUT2D eigenvalue weighted by Crippen LogP contribution is -2.41. The van der Waals surface area contributed by atoms with Gasteiger partial charge in [0.2, 0.25) is 0 Å². The van der Waals surface area contributed by atoms with Gasteiger partial charge in [0.25, 0.3) is 0 Å². The first-order chi connectivity index (χ1) is 9.00. The van der Waals surface area contributed by atoms with Crippen LogP contribution in [0, 0.1) is 17.8 Å². The molecule has 4 unspecified atom stereocenters. The van der Waals surface area contributed by atoms with E-state index in [1.165, 1.54) is 6.42 Å². The van der Waals surface area contributed by atoms with Crippen LogP contribution in [-0.4, -0.2) is 21.6 Å². The quantitative estimate of drug-likeness (QED) is 0.869. The molecule has 0 radical (unpaired) electrons. The maximum absolute atomic E-state index is 12.9. The molecule has 1 aromatic heterocycles. The van der Waals surface area contributed by atoms with Crippen LogP contribution in [0.25, 0.3) is 0 Å². The molecule has 0 saturated heterocycles. The van der Waals surface area contributed by atoms with Crippen molar-refractivity contribution in [1.29, 1.82) is 0 Å². The molecule has 2 bridgehead atoms. The zero-order valence-electron chi connectivity index (χ0n) is 11.3. The first-order valence-corrected chi connectivity index (χ1v) is 7.82. The molecule has 0 amide bonds. The summed E-state index contributed by atoms with van der Waals surface area (Å²) < 4.78 is 2.60. The van der Waals surface area contributed by atoms with Crippen molar-refractivity contribution in [2.45, 2.75) is 45.2 Å². The highest BCUT2D eigenvalue weighted by Crippen LogP contribution is 2.49. The van der Waals surface area contributed by atoms with Gasteiger partial charge in [-0.3, -0.25) is 9.48 Å². The fourth-order valence-electron chi connectivity index (χ4n) is 3.85. The predicted molar refractivity (Wildman–Crippen MR) is 76.9 cm³/mol. The van der Waals surface area contributed by atoms with Crippen molar-refractivity contribution in [1.82, 2.24) is 9.78 Å². The van der Waals surface area contributed by atoms with E-state index in [9.17, 15) is 4.79 Å². The van der Waals surface area contributed by atoms with Crippen LogP contribution in [0.15, 0.2) is 10.7 Å². The molecule has 19 heavy (non-hydrogen) atoms. The van der Waals surface area contributed by atoms with Crippen molar-refractivity contribution in [3.05, 3.63) is 16.4 Å². The number of hydrogen-bond donors (Lipinski definition) is 1. The molecule has 0 spiro atoms. The second kappa shape index (κ2) is 4.70. The number of ketones is 1. The molecule has 2 aliphatic rings. The normalized spacial score (nSPS) is 33.3. The average Bonchev–Trinajstić information content (AvgIpc) is 3.01. The lowest BCUT2D eigenvalue weighted by atomic mass is 9.81. The Balaban J connectivity index is 1.95. The topological polar surface area (TPSA) is 60.9 Å². The molecular weight excluding hydrogens is 306 g/mol. The summed E-state index contributed by atoms with van der Waals surface area (Å²) in [5.74, 6) is 1.20. The lowest BCUT2D eigenvalue weighted by molar-refractivity contribution is 0.0842. The summed E-state index contributed by atoms with van der Waals surface area (Å²) in [6, 6.07) is 0.216. The molecule has 4 nitrogen and oxygen atoms in total. The average molecular weight is 326 g/mol. The zero-order valence-corrected chi connectivity index (χ0v) is 12.9. The molecule has 4 atom stereocenters. The van der Waals surface area contributed by atoms with Gasteiger partial charge in [-0.15, -0.1) is 0 Å². The lowest BCUT2D eigenvalue weighted by Gasteiger charge is -2.27. The minimum absolute atomic E-state index is 0.00995. The number of nitrogens with two attached hydrogens (primary N) is 1. The van der Waals surface area contributed by atoms with Gasteiger partial charge in [0.05, 0.1) is 10.7 Å². The second-order valence-corrected chi connectivity index (χ2v) is 7.03. The van der Waals surface area contributed by atoms with Gasteiger partial charge in [-0.25, -0.2) is 0 Å². The summed E-state index contributed by atoms with van der Waals surface area (Å²) in [6.45, 7) is 4.08. The van der Waals surface area contributed by atoms with Crippen LogP contribution in [-0.2, 0) is 0 Å². The predicted octanol–water partition coefficient (Wildman–Crippen LogP) is 2.78. The Morgan fingerprint density at radius 1 is 1.47 bits per heavy atom. The van der Waals surface area contributed by atoms with Crippen molar-refractivity contribution in [3.8, 4) is 0 Å². The molecule has 3 rings (SSSR count). The Labute approximate surface area is 121 Å².